The number of nitrogens with zero attached hydrogens (tertiary/aromatic N) is 2. The van der Waals surface area contributed by atoms with Crippen LogP contribution in [0.3, 0.4) is 0 Å². The first-order valence-electron chi connectivity index (χ1n) is 39.4. The van der Waals surface area contributed by atoms with Crippen molar-refractivity contribution in [1.29, 1.82) is 0 Å². The Labute approximate surface area is 555 Å². The van der Waals surface area contributed by atoms with Crippen molar-refractivity contribution in [2.45, 2.75) is 262 Å². The van der Waals surface area contributed by atoms with E-state index in [1.165, 1.54) is 171 Å². The first kappa shape index (κ1) is 58.7. The summed E-state index contributed by atoms with van der Waals surface area (Å²) < 4.78 is 15.4. The summed E-state index contributed by atoms with van der Waals surface area (Å²) in [4.78, 5) is 51.8. The molecule has 7 saturated carbocycles. The van der Waals surface area contributed by atoms with Crippen molar-refractivity contribution < 1.29 is 29.0 Å². The Morgan fingerprint density at radius 3 is 2.59 bits per heavy atom. The van der Waals surface area contributed by atoms with Gasteiger partial charge in [-0.15, -0.1) is 5.92 Å². The van der Waals surface area contributed by atoms with Crippen LogP contribution in [0, 0.1) is 121 Å². The smallest absolute Gasteiger partial charge is 0.339 e. The molecule has 494 valence electrons. The van der Waals surface area contributed by atoms with E-state index in [1.807, 2.05) is 0 Å². The van der Waals surface area contributed by atoms with Crippen molar-refractivity contribution in [3.8, 4) is 11.8 Å². The number of fused-ring (bicyclic) bond motifs is 12. The second kappa shape index (κ2) is 20.8. The van der Waals surface area contributed by atoms with Crippen molar-refractivity contribution in [3.05, 3.63) is 92.6 Å². The third-order valence-electron chi connectivity index (χ3n) is 33.7. The zero-order valence-electron chi connectivity index (χ0n) is 56.3. The molecule has 3 N–H and O–H groups in total. The minimum Gasteiger partial charge on any atom is -0.509 e. The lowest BCUT2D eigenvalue weighted by Crippen LogP contribution is -2.78. The Morgan fingerprint density at radius 1 is 0.817 bits per heavy atom. The van der Waals surface area contributed by atoms with Gasteiger partial charge in [-0.1, -0.05) is 98.9 Å². The molecule has 1 aromatic rings. The quantitative estimate of drug-likeness (QED) is 0.124. The molecule has 22 atom stereocenters. The number of hydrogen-bond acceptors (Lipinski definition) is 9. The van der Waals surface area contributed by atoms with Gasteiger partial charge in [0.2, 0.25) is 0 Å². The van der Waals surface area contributed by atoms with Crippen LogP contribution in [0.2, 0.25) is 0 Å². The zero-order chi connectivity index (χ0) is 62.2. The minimum atomic E-state index is -1.24. The third-order valence-corrected chi connectivity index (χ3v) is 33.7. The maximum Gasteiger partial charge on any atom is 0.339 e. The summed E-state index contributed by atoms with van der Waals surface area (Å²) in [5, 5.41) is 14.6. The molecule has 0 radical (unpaired) electrons. The number of carbonyl (C=O) groups is 3. The van der Waals surface area contributed by atoms with Gasteiger partial charge < -0.3 is 30.0 Å². The molecule has 0 aromatic heterocycles. The van der Waals surface area contributed by atoms with E-state index in [4.69, 9.17) is 15.2 Å². The number of benzene rings is 1. The van der Waals surface area contributed by atoms with Crippen LogP contribution >= 0.6 is 0 Å². The average molecular weight is 1250 g/mol. The number of allylic oxidation sites excluding steroid dienone is 6. The van der Waals surface area contributed by atoms with Gasteiger partial charge in [-0.2, -0.15) is 0 Å². The first-order valence-corrected chi connectivity index (χ1v) is 39.4. The second-order valence-electron chi connectivity index (χ2n) is 36.4. The normalized spacial score (nSPS) is 48.0. The van der Waals surface area contributed by atoms with Crippen molar-refractivity contribution in [2.24, 2.45) is 115 Å². The van der Waals surface area contributed by atoms with Gasteiger partial charge in [-0.25, -0.2) is 4.79 Å². The largest absolute Gasteiger partial charge is 0.509 e. The molecule has 20 rings (SSSR count). The number of aliphatic hydroxyl groups is 1. The molecule has 10 fully saturated rings. The van der Waals surface area contributed by atoms with Gasteiger partial charge in [0, 0.05) is 85.4 Å². The minimum absolute atomic E-state index is 0.0101. The highest BCUT2D eigenvalue weighted by atomic mass is 16.6. The lowest BCUT2D eigenvalue weighted by molar-refractivity contribution is -0.283. The lowest BCUT2D eigenvalue weighted by atomic mass is 9.27. The van der Waals surface area contributed by atoms with Crippen molar-refractivity contribution in [2.75, 3.05) is 19.6 Å². The molecule has 93 heavy (non-hydrogen) atoms. The maximum absolute atomic E-state index is 17.5. The van der Waals surface area contributed by atoms with E-state index in [9.17, 15) is 9.90 Å². The number of nitrogens with two attached hydrogens (primary N) is 1. The number of piperidine rings is 2. The highest BCUT2D eigenvalue weighted by molar-refractivity contribution is 6.00. The van der Waals surface area contributed by atoms with Crippen molar-refractivity contribution in [3.63, 3.8) is 0 Å². The summed E-state index contributed by atoms with van der Waals surface area (Å²) in [5.74, 6) is 13.2. The fourth-order valence-electron chi connectivity index (χ4n) is 31.0. The summed E-state index contributed by atoms with van der Waals surface area (Å²) >= 11 is 0. The summed E-state index contributed by atoms with van der Waals surface area (Å²) in [6, 6.07) is 7.42. The fraction of sp³-hybridized carbons (Fsp3) is 0.750. The van der Waals surface area contributed by atoms with Crippen LogP contribution in [0.5, 0.6) is 0 Å². The molecule has 0 amide bonds. The Kier molecular flexibility index (Phi) is 13.2. The molecule has 3 saturated heterocycles. The molecule has 22 unspecified atom stereocenters. The van der Waals surface area contributed by atoms with Crippen molar-refractivity contribution in [1.82, 2.24) is 9.80 Å². The summed E-state index contributed by atoms with van der Waals surface area (Å²) in [6.45, 7) is 5.28. The molecular formula is C84H107N3O6. The Morgan fingerprint density at radius 2 is 1.70 bits per heavy atom. The van der Waals surface area contributed by atoms with E-state index in [0.29, 0.717) is 114 Å². The number of ether oxygens (including phenoxy) is 2. The van der Waals surface area contributed by atoms with E-state index in [0.717, 1.165) is 87.8 Å². The topological polar surface area (TPSA) is 122 Å². The van der Waals surface area contributed by atoms with Gasteiger partial charge in [-0.05, 0) is 272 Å². The second-order valence-corrected chi connectivity index (χ2v) is 36.4. The number of aliphatic hydroxyl groups excluding tert-OH is 1. The van der Waals surface area contributed by atoms with Crippen LogP contribution in [0.15, 0.2) is 75.9 Å². The number of aldehydes is 1. The van der Waals surface area contributed by atoms with E-state index >= 15 is 9.59 Å². The Hall–Kier alpha value is -4.39. The predicted molar refractivity (Wildman–Crippen MR) is 359 cm³/mol. The van der Waals surface area contributed by atoms with Crippen LogP contribution in [0.4, 0.5) is 0 Å². The number of rotatable bonds is 6. The number of esters is 2. The summed E-state index contributed by atoms with van der Waals surface area (Å²) in [6.07, 6.45) is 49.5. The van der Waals surface area contributed by atoms with Crippen LogP contribution < -0.4 is 5.73 Å². The lowest BCUT2D eigenvalue weighted by Gasteiger charge is -2.73. The molecule has 13 bridgehead atoms. The average Bonchev–Trinajstić information content (AvgIpc) is 1.52. The maximum atomic E-state index is 17.5. The molecule has 7 aliphatic heterocycles. The summed E-state index contributed by atoms with van der Waals surface area (Å²) in [5.41, 5.74) is 14.3. The van der Waals surface area contributed by atoms with Gasteiger partial charge in [0.05, 0.1) is 11.0 Å². The highest BCUT2D eigenvalue weighted by Crippen LogP contribution is 2.89. The Balaban J connectivity index is 0.850. The summed E-state index contributed by atoms with van der Waals surface area (Å²) in [7, 11) is 0. The van der Waals surface area contributed by atoms with E-state index in [1.54, 1.807) is 11.3 Å². The van der Waals surface area contributed by atoms with Gasteiger partial charge in [0.15, 0.2) is 11.4 Å². The number of hydrogen-bond donors (Lipinski definition) is 2. The Bertz CT molecular complexity index is 3600. The standard InChI is InChI=1S/C84H107N3O6/c1-50-38-55-24-25-67-58-40-59-49-87(67)74(55)72-62-27-35-82-75(69(89)43-68-60-46-79(29-2-3-30-79)81(47-60)33-11-32-80(81)31-8-19-61(80)18-6-21-66(59)86(68)48-58)92-77(91)83(82)70(84(82)65-20-5-14-53(17-9-36-85)71(65)76(90)93-84)42-64-54(39-57(73(62)83)41-63(50)72)15-4-12-51(13-10-37-88)22-23-52-26-34-78(44-52)28-7-16-56(64)45-78/h4-5,14-15,20,37,39,50-52,56-61,63-64,66-68,70,72,89H,2-3,7-13,16-17,19,21-36,38,40-49,85H2,1H3. The fourth-order valence-corrected chi connectivity index (χ4v) is 31.0. The molecule has 9 heteroatoms. The molecule has 7 heterocycles. The predicted octanol–water partition coefficient (Wildman–Crippen LogP) is 16.7. The molecule has 12 aliphatic carbocycles. The monoisotopic (exact) mass is 1250 g/mol. The molecule has 9 nitrogen and oxygen atoms in total. The van der Waals surface area contributed by atoms with Crippen LogP contribution in [-0.4, -0.2) is 70.9 Å². The number of carbonyl (C=O) groups excluding carboxylic acids is 3. The van der Waals surface area contributed by atoms with Gasteiger partial charge >= 0.3 is 11.9 Å². The van der Waals surface area contributed by atoms with Gasteiger partial charge in [0.25, 0.3) is 0 Å². The van der Waals surface area contributed by atoms with Gasteiger partial charge in [-0.3, -0.25) is 9.69 Å². The zero-order valence-corrected chi connectivity index (χ0v) is 56.3. The van der Waals surface area contributed by atoms with E-state index in [-0.39, 0.29) is 52.6 Å². The molecule has 7 spiro atoms. The third kappa shape index (κ3) is 7.45. The van der Waals surface area contributed by atoms with Crippen molar-refractivity contribution >= 4 is 18.2 Å². The van der Waals surface area contributed by atoms with E-state index < -0.39 is 22.3 Å². The highest BCUT2D eigenvalue weighted by Gasteiger charge is 2.94. The number of aryl methyl sites for hydroxylation is 1. The van der Waals surface area contributed by atoms with Crippen LogP contribution in [-0.2, 0) is 31.1 Å². The van der Waals surface area contributed by atoms with E-state index in [2.05, 4.69) is 65.0 Å². The first-order chi connectivity index (χ1) is 45.4. The van der Waals surface area contributed by atoms with Crippen LogP contribution in [0.25, 0.3) is 0 Å². The molecular weight excluding hydrogens is 1150 g/mol. The van der Waals surface area contributed by atoms with Gasteiger partial charge in [0.1, 0.15) is 17.5 Å². The molecule has 19 aliphatic rings. The molecule has 1 aromatic carbocycles. The van der Waals surface area contributed by atoms with Crippen LogP contribution in [0.1, 0.15) is 253 Å². The SMILES string of the molecule is CC1CC2=C3C4C5=C6C(C=C7C=CCC(CCC=O)CCC8CCC9(CCCC(C9)C7CC7C69C(=O)OC(=C(O)CC6C%10CC%11(CCCC%11)C%11(CCCC%11%12CCCC%12C#CCC%11C%12CC(CN%116)C(CC2)N3C%12)C%10)C9(CC5)C72OC(=O)c3c(CCCN)cccc32)C8)CC14.